The van der Waals surface area contributed by atoms with E-state index in [1.165, 1.54) is 0 Å². The molecule has 0 aliphatic heterocycles. The summed E-state index contributed by atoms with van der Waals surface area (Å²) in [5.41, 5.74) is 0. The van der Waals surface area contributed by atoms with Crippen molar-refractivity contribution in [3.05, 3.63) is 6.61 Å². The molecule has 0 N–H and O–H groups in total. The smallest absolute Gasteiger partial charge is 0.110 e. The molecular weight excluding hydrogens is 116 g/mol. The van der Waals surface area contributed by atoms with Crippen molar-refractivity contribution in [1.29, 1.82) is 0 Å². The number of hydrogen-bond acceptors (Lipinski definition) is 2. The summed E-state index contributed by atoms with van der Waals surface area (Å²) in [5, 5.41) is 0. The van der Waals surface area contributed by atoms with Gasteiger partial charge in [0, 0.05) is 6.61 Å². The Morgan fingerprint density at radius 2 is 2.11 bits per heavy atom. The fourth-order valence-electron chi connectivity index (χ4n) is 0.398. The highest BCUT2D eigenvalue weighted by atomic mass is 16.5. The van der Waals surface area contributed by atoms with Gasteiger partial charge in [0.15, 0.2) is 0 Å². The topological polar surface area (TPSA) is 18.5 Å². The lowest BCUT2D eigenvalue weighted by molar-refractivity contribution is 0.0700. The summed E-state index contributed by atoms with van der Waals surface area (Å²) < 4.78 is 10.1. The number of rotatable bonds is 5. The van der Waals surface area contributed by atoms with Crippen LogP contribution < -0.4 is 0 Å². The first-order chi connectivity index (χ1) is 4.27. The van der Waals surface area contributed by atoms with Gasteiger partial charge in [0.05, 0.1) is 12.7 Å². The average Bonchev–Trinajstić information content (AvgIpc) is 1.80. The number of hydrogen-bond donors (Lipinski definition) is 0. The molecule has 0 atom stereocenters. The van der Waals surface area contributed by atoms with Gasteiger partial charge in [-0.25, -0.2) is 0 Å². The van der Waals surface area contributed by atoms with Crippen LogP contribution in [0.3, 0.4) is 0 Å². The molecule has 1 radical (unpaired) electrons. The van der Waals surface area contributed by atoms with E-state index in [9.17, 15) is 0 Å². The Morgan fingerprint density at radius 3 is 2.56 bits per heavy atom. The second-order valence-electron chi connectivity index (χ2n) is 2.01. The first-order valence-electron chi connectivity index (χ1n) is 3.32. The standard InChI is InChI=1S/C7H15O2/c1-4-8-5-6-9-7(2)3/h6-7H,4-5H2,1-3H3. The zero-order chi connectivity index (χ0) is 7.11. The first-order valence-corrected chi connectivity index (χ1v) is 3.32. The zero-order valence-corrected chi connectivity index (χ0v) is 6.39. The van der Waals surface area contributed by atoms with Crippen LogP contribution >= 0.6 is 0 Å². The van der Waals surface area contributed by atoms with Gasteiger partial charge in [0.2, 0.25) is 0 Å². The quantitative estimate of drug-likeness (QED) is 0.528. The summed E-state index contributed by atoms with van der Waals surface area (Å²) in [6.07, 6.45) is 0.269. The predicted octanol–water partition coefficient (Wildman–Crippen LogP) is 1.61. The minimum absolute atomic E-state index is 0.269. The van der Waals surface area contributed by atoms with Gasteiger partial charge in [-0.3, -0.25) is 0 Å². The molecule has 9 heavy (non-hydrogen) atoms. The van der Waals surface area contributed by atoms with E-state index >= 15 is 0 Å². The van der Waals surface area contributed by atoms with Crippen LogP contribution in [0.5, 0.6) is 0 Å². The summed E-state index contributed by atoms with van der Waals surface area (Å²) in [6.45, 7) is 8.97. The van der Waals surface area contributed by atoms with Crippen LogP contribution in [0.4, 0.5) is 0 Å². The van der Waals surface area contributed by atoms with Gasteiger partial charge >= 0.3 is 0 Å². The molecule has 0 heterocycles. The van der Waals surface area contributed by atoms with Crippen molar-refractivity contribution in [3.8, 4) is 0 Å². The van der Waals surface area contributed by atoms with Crippen LogP contribution in [-0.4, -0.2) is 19.3 Å². The molecule has 0 saturated carbocycles. The van der Waals surface area contributed by atoms with E-state index < -0.39 is 0 Å². The monoisotopic (exact) mass is 131 g/mol. The Labute approximate surface area is 57.2 Å². The van der Waals surface area contributed by atoms with Crippen molar-refractivity contribution in [1.82, 2.24) is 0 Å². The fraction of sp³-hybridized carbons (Fsp3) is 0.857. The molecule has 0 aliphatic carbocycles. The Bertz CT molecular complexity index is 52.9. The predicted molar refractivity (Wildman–Crippen MR) is 37.0 cm³/mol. The van der Waals surface area contributed by atoms with E-state index in [1.807, 2.05) is 20.8 Å². The second-order valence-corrected chi connectivity index (χ2v) is 2.01. The van der Waals surface area contributed by atoms with Crippen molar-refractivity contribution in [2.45, 2.75) is 26.9 Å². The van der Waals surface area contributed by atoms with Gasteiger partial charge < -0.3 is 9.47 Å². The lowest BCUT2D eigenvalue weighted by Crippen LogP contribution is -2.04. The molecule has 0 unspecified atom stereocenters. The van der Waals surface area contributed by atoms with E-state index in [0.717, 1.165) is 6.61 Å². The lowest BCUT2D eigenvalue weighted by Gasteiger charge is -2.05. The summed E-state index contributed by atoms with van der Waals surface area (Å²) >= 11 is 0. The molecule has 2 heteroatoms. The minimum Gasteiger partial charge on any atom is -0.379 e. The second kappa shape index (κ2) is 6.05. The molecular formula is C7H15O2. The van der Waals surface area contributed by atoms with Crippen molar-refractivity contribution in [3.63, 3.8) is 0 Å². The molecule has 0 saturated heterocycles. The minimum atomic E-state index is 0.269. The molecule has 55 valence electrons. The van der Waals surface area contributed by atoms with E-state index in [0.29, 0.717) is 6.61 Å². The Morgan fingerprint density at radius 1 is 1.44 bits per heavy atom. The van der Waals surface area contributed by atoms with Gasteiger partial charge in [-0.15, -0.1) is 0 Å². The van der Waals surface area contributed by atoms with Gasteiger partial charge in [-0.2, -0.15) is 0 Å². The lowest BCUT2D eigenvalue weighted by atomic mass is 10.5. The third kappa shape index (κ3) is 7.92. The van der Waals surface area contributed by atoms with Crippen molar-refractivity contribution >= 4 is 0 Å². The molecule has 0 spiro atoms. The van der Waals surface area contributed by atoms with Crippen molar-refractivity contribution in [2.75, 3.05) is 13.2 Å². The molecule has 0 rings (SSSR count). The molecule has 0 aromatic heterocycles. The molecule has 0 aromatic carbocycles. The Hall–Kier alpha value is -0.0800. The summed E-state index contributed by atoms with van der Waals surface area (Å²) in [6, 6.07) is 0. The highest BCUT2D eigenvalue weighted by Crippen LogP contribution is 1.90. The van der Waals surface area contributed by atoms with Crippen LogP contribution in [0.2, 0.25) is 0 Å². The van der Waals surface area contributed by atoms with Crippen LogP contribution in [0, 0.1) is 6.61 Å². The van der Waals surface area contributed by atoms with Crippen molar-refractivity contribution in [2.24, 2.45) is 0 Å². The maximum Gasteiger partial charge on any atom is 0.110 e. The molecule has 0 bridgehead atoms. The normalized spacial score (nSPS) is 10.7. The Balaban J connectivity index is 2.75. The highest BCUT2D eigenvalue weighted by Gasteiger charge is 1.91. The molecule has 0 aliphatic rings. The molecule has 0 aromatic rings. The van der Waals surface area contributed by atoms with Gasteiger partial charge in [-0.1, -0.05) is 0 Å². The van der Waals surface area contributed by atoms with Crippen LogP contribution in [-0.2, 0) is 9.47 Å². The van der Waals surface area contributed by atoms with Crippen LogP contribution in [0.25, 0.3) is 0 Å². The summed E-state index contributed by atoms with van der Waals surface area (Å²) in [4.78, 5) is 0. The Kier molecular flexibility index (Phi) is 5.99. The van der Waals surface area contributed by atoms with E-state index in [2.05, 4.69) is 0 Å². The zero-order valence-electron chi connectivity index (χ0n) is 6.39. The van der Waals surface area contributed by atoms with Crippen LogP contribution in [0.15, 0.2) is 0 Å². The average molecular weight is 131 g/mol. The third-order valence-corrected chi connectivity index (χ3v) is 0.758. The first kappa shape index (κ1) is 8.92. The summed E-state index contributed by atoms with van der Waals surface area (Å²) in [7, 11) is 0. The van der Waals surface area contributed by atoms with E-state index in [1.54, 1.807) is 6.61 Å². The molecule has 0 fully saturated rings. The third-order valence-electron chi connectivity index (χ3n) is 0.758. The largest absolute Gasteiger partial charge is 0.379 e. The van der Waals surface area contributed by atoms with E-state index in [-0.39, 0.29) is 6.10 Å². The van der Waals surface area contributed by atoms with Crippen LogP contribution in [0.1, 0.15) is 20.8 Å². The van der Waals surface area contributed by atoms with Gasteiger partial charge in [0.1, 0.15) is 6.61 Å². The van der Waals surface area contributed by atoms with Gasteiger partial charge in [-0.05, 0) is 20.8 Å². The maximum absolute atomic E-state index is 5.09. The van der Waals surface area contributed by atoms with Crippen molar-refractivity contribution < 1.29 is 9.47 Å². The molecule has 0 amide bonds. The summed E-state index contributed by atoms with van der Waals surface area (Å²) in [5.74, 6) is 0. The SMILES string of the molecule is CCOC[CH]OC(C)C. The number of ether oxygens (including phenoxy) is 2. The highest BCUT2D eigenvalue weighted by molar-refractivity contribution is 4.48. The maximum atomic E-state index is 5.09. The fourth-order valence-corrected chi connectivity index (χ4v) is 0.398. The molecule has 2 nitrogen and oxygen atoms in total. The van der Waals surface area contributed by atoms with Gasteiger partial charge in [0.25, 0.3) is 0 Å². The van der Waals surface area contributed by atoms with E-state index in [4.69, 9.17) is 9.47 Å².